The summed E-state index contributed by atoms with van der Waals surface area (Å²) in [5, 5.41) is 0. The molecule has 1 aromatic carbocycles. The smallest absolute Gasteiger partial charge is 0.305 e. The summed E-state index contributed by atoms with van der Waals surface area (Å²) in [6, 6.07) is 6.01. The molecule has 0 heterocycles. The highest BCUT2D eigenvalue weighted by Gasteiger charge is 2.15. The van der Waals surface area contributed by atoms with E-state index in [1.165, 1.54) is 12.7 Å². The number of hydrogen-bond donors (Lipinski definition) is 1. The van der Waals surface area contributed by atoms with Crippen molar-refractivity contribution in [3.05, 3.63) is 29.3 Å². The van der Waals surface area contributed by atoms with E-state index in [9.17, 15) is 4.79 Å². The van der Waals surface area contributed by atoms with Gasteiger partial charge in [-0.3, -0.25) is 4.79 Å². The number of anilines is 1. The molecule has 0 amide bonds. The fourth-order valence-electron chi connectivity index (χ4n) is 1.64. The van der Waals surface area contributed by atoms with Crippen molar-refractivity contribution >= 4 is 11.7 Å². The molecule has 0 aliphatic carbocycles. The van der Waals surface area contributed by atoms with Crippen LogP contribution in [0.2, 0.25) is 0 Å². The average Bonchev–Trinajstić information content (AvgIpc) is 2.24. The fourth-order valence-corrected chi connectivity index (χ4v) is 1.64. The largest absolute Gasteiger partial charge is 0.469 e. The van der Waals surface area contributed by atoms with E-state index in [1.807, 2.05) is 12.1 Å². The fraction of sp³-hybridized carbons (Fsp3) is 0.500. The summed E-state index contributed by atoms with van der Waals surface area (Å²) in [4.78, 5) is 11.1. The second-order valence-corrected chi connectivity index (χ2v) is 5.29. The Morgan fingerprint density at radius 3 is 2.47 bits per heavy atom. The quantitative estimate of drug-likeness (QED) is 0.647. The van der Waals surface area contributed by atoms with Crippen LogP contribution in [0.5, 0.6) is 0 Å². The third kappa shape index (κ3) is 4.10. The number of esters is 1. The molecular formula is C14H21NO2. The van der Waals surface area contributed by atoms with Gasteiger partial charge in [0.25, 0.3) is 0 Å². The third-order valence-electron chi connectivity index (χ3n) is 2.73. The predicted molar refractivity (Wildman–Crippen MR) is 69.9 cm³/mol. The zero-order valence-corrected chi connectivity index (χ0v) is 11.0. The maximum absolute atomic E-state index is 11.1. The van der Waals surface area contributed by atoms with Crippen molar-refractivity contribution in [3.63, 3.8) is 0 Å². The molecule has 0 saturated carbocycles. The molecule has 0 unspecified atom stereocenters. The lowest BCUT2D eigenvalue weighted by atomic mass is 9.85. The number of ether oxygens (including phenoxy) is 1. The molecule has 0 atom stereocenters. The minimum atomic E-state index is -0.190. The molecule has 2 N–H and O–H groups in total. The molecule has 0 aliphatic heterocycles. The van der Waals surface area contributed by atoms with Crippen molar-refractivity contribution in [3.8, 4) is 0 Å². The Labute approximate surface area is 103 Å². The van der Waals surface area contributed by atoms with Crippen LogP contribution < -0.4 is 5.73 Å². The van der Waals surface area contributed by atoms with Crippen LogP contribution in [0.3, 0.4) is 0 Å². The van der Waals surface area contributed by atoms with Gasteiger partial charge < -0.3 is 10.5 Å². The Bertz CT molecular complexity index is 405. The summed E-state index contributed by atoms with van der Waals surface area (Å²) >= 11 is 0. The predicted octanol–water partition coefficient (Wildman–Crippen LogP) is 2.67. The SMILES string of the molecule is COC(=O)CCc1cc(N)cc(C(C)(C)C)c1. The first-order valence-corrected chi connectivity index (χ1v) is 5.79. The van der Waals surface area contributed by atoms with Crippen molar-refractivity contribution in [2.75, 3.05) is 12.8 Å². The standard InChI is InChI=1S/C14H21NO2/c1-14(2,3)11-7-10(8-12(15)9-11)5-6-13(16)17-4/h7-9H,5-6,15H2,1-4H3. The minimum Gasteiger partial charge on any atom is -0.469 e. The summed E-state index contributed by atoms with van der Waals surface area (Å²) in [6.07, 6.45) is 1.06. The molecule has 0 aliphatic rings. The second kappa shape index (κ2) is 5.21. The maximum Gasteiger partial charge on any atom is 0.305 e. The maximum atomic E-state index is 11.1. The number of carbonyl (C=O) groups is 1. The lowest BCUT2D eigenvalue weighted by molar-refractivity contribution is -0.140. The number of nitrogen functional groups attached to an aromatic ring is 1. The number of aryl methyl sites for hydroxylation is 1. The Hall–Kier alpha value is -1.51. The van der Waals surface area contributed by atoms with Crippen molar-refractivity contribution < 1.29 is 9.53 Å². The Morgan fingerprint density at radius 1 is 1.29 bits per heavy atom. The van der Waals surface area contributed by atoms with E-state index in [0.29, 0.717) is 12.8 Å². The van der Waals surface area contributed by atoms with Gasteiger partial charge in [-0.2, -0.15) is 0 Å². The van der Waals surface area contributed by atoms with E-state index in [-0.39, 0.29) is 11.4 Å². The highest BCUT2D eigenvalue weighted by molar-refractivity contribution is 5.69. The van der Waals surface area contributed by atoms with Crippen molar-refractivity contribution in [1.82, 2.24) is 0 Å². The van der Waals surface area contributed by atoms with Crippen LogP contribution in [0, 0.1) is 0 Å². The van der Waals surface area contributed by atoms with Crippen LogP contribution in [-0.4, -0.2) is 13.1 Å². The van der Waals surface area contributed by atoms with Gasteiger partial charge in [0.05, 0.1) is 7.11 Å². The van der Waals surface area contributed by atoms with E-state index in [4.69, 9.17) is 5.73 Å². The molecular weight excluding hydrogens is 214 g/mol. The van der Waals surface area contributed by atoms with E-state index < -0.39 is 0 Å². The normalized spacial score (nSPS) is 11.3. The summed E-state index contributed by atoms with van der Waals surface area (Å²) in [5.74, 6) is -0.190. The lowest BCUT2D eigenvalue weighted by Gasteiger charge is -2.20. The Balaban J connectivity index is 2.87. The highest BCUT2D eigenvalue weighted by atomic mass is 16.5. The zero-order valence-electron chi connectivity index (χ0n) is 11.0. The molecule has 3 heteroatoms. The van der Waals surface area contributed by atoms with Crippen LogP contribution in [0.25, 0.3) is 0 Å². The average molecular weight is 235 g/mol. The molecule has 94 valence electrons. The second-order valence-electron chi connectivity index (χ2n) is 5.29. The third-order valence-corrected chi connectivity index (χ3v) is 2.73. The van der Waals surface area contributed by atoms with Crippen molar-refractivity contribution in [1.29, 1.82) is 0 Å². The number of rotatable bonds is 3. The molecule has 17 heavy (non-hydrogen) atoms. The molecule has 0 bridgehead atoms. The van der Waals surface area contributed by atoms with Gasteiger partial charge in [-0.05, 0) is 35.1 Å². The monoisotopic (exact) mass is 235 g/mol. The lowest BCUT2D eigenvalue weighted by Crippen LogP contribution is -2.12. The highest BCUT2D eigenvalue weighted by Crippen LogP contribution is 2.26. The number of carbonyl (C=O) groups excluding carboxylic acids is 1. The molecule has 0 saturated heterocycles. The van der Waals surface area contributed by atoms with Crippen molar-refractivity contribution in [2.24, 2.45) is 0 Å². The zero-order chi connectivity index (χ0) is 13.1. The molecule has 0 radical (unpaired) electrons. The van der Waals surface area contributed by atoms with Crippen molar-refractivity contribution in [2.45, 2.75) is 39.0 Å². The molecule has 1 rings (SSSR count). The van der Waals surface area contributed by atoms with Gasteiger partial charge in [-0.15, -0.1) is 0 Å². The van der Waals surface area contributed by atoms with Crippen LogP contribution in [0.1, 0.15) is 38.3 Å². The molecule has 0 fully saturated rings. The molecule has 0 aromatic heterocycles. The van der Waals surface area contributed by atoms with E-state index >= 15 is 0 Å². The van der Waals surface area contributed by atoms with Gasteiger partial charge in [0.2, 0.25) is 0 Å². The van der Waals surface area contributed by atoms with Gasteiger partial charge >= 0.3 is 5.97 Å². The van der Waals surface area contributed by atoms with Gasteiger partial charge in [0.1, 0.15) is 0 Å². The van der Waals surface area contributed by atoms with Crippen LogP contribution in [0.4, 0.5) is 5.69 Å². The summed E-state index contributed by atoms with van der Waals surface area (Å²) < 4.78 is 4.63. The minimum absolute atomic E-state index is 0.0649. The van der Waals surface area contributed by atoms with Gasteiger partial charge in [0.15, 0.2) is 0 Å². The van der Waals surface area contributed by atoms with E-state index in [1.54, 1.807) is 0 Å². The first-order chi connectivity index (χ1) is 7.82. The molecule has 1 aromatic rings. The molecule has 0 spiro atoms. The summed E-state index contributed by atoms with van der Waals surface area (Å²) in [5.41, 5.74) is 8.97. The Morgan fingerprint density at radius 2 is 1.94 bits per heavy atom. The summed E-state index contributed by atoms with van der Waals surface area (Å²) in [7, 11) is 1.41. The topological polar surface area (TPSA) is 52.3 Å². The number of hydrogen-bond acceptors (Lipinski definition) is 3. The van der Waals surface area contributed by atoms with Crippen LogP contribution >= 0.6 is 0 Å². The summed E-state index contributed by atoms with van der Waals surface area (Å²) in [6.45, 7) is 6.43. The van der Waals surface area contributed by atoms with Gasteiger partial charge in [-0.25, -0.2) is 0 Å². The number of nitrogens with two attached hydrogens (primary N) is 1. The molecule has 3 nitrogen and oxygen atoms in total. The van der Waals surface area contributed by atoms with Crippen LogP contribution in [-0.2, 0) is 21.4 Å². The number of benzene rings is 1. The van der Waals surface area contributed by atoms with E-state index in [0.717, 1.165) is 11.3 Å². The van der Waals surface area contributed by atoms with E-state index in [2.05, 4.69) is 31.6 Å². The van der Waals surface area contributed by atoms with Gasteiger partial charge in [-0.1, -0.05) is 26.8 Å². The number of methoxy groups -OCH3 is 1. The van der Waals surface area contributed by atoms with Crippen LogP contribution in [0.15, 0.2) is 18.2 Å². The van der Waals surface area contributed by atoms with Gasteiger partial charge in [0, 0.05) is 12.1 Å². The first kappa shape index (κ1) is 13.6. The first-order valence-electron chi connectivity index (χ1n) is 5.79. The Kier molecular flexibility index (Phi) is 4.16.